The Labute approximate surface area is 97.3 Å². The van der Waals surface area contributed by atoms with E-state index in [0.29, 0.717) is 5.54 Å². The number of rotatable bonds is 4. The third-order valence-corrected chi connectivity index (χ3v) is 4.95. The summed E-state index contributed by atoms with van der Waals surface area (Å²) < 4.78 is 0. The summed E-state index contributed by atoms with van der Waals surface area (Å²) in [5.41, 5.74) is 0.384. The topological polar surface area (TPSA) is 24.4 Å². The zero-order valence-electron chi connectivity index (χ0n) is 10.0. The molecule has 86 valence electrons. The Kier molecular flexibility index (Phi) is 3.29. The minimum Gasteiger partial charge on any atom is -0.360 e. The molecule has 2 rings (SSSR count). The summed E-state index contributed by atoms with van der Waals surface area (Å²) in [6.07, 6.45) is 5.19. The van der Waals surface area contributed by atoms with Gasteiger partial charge in [-0.15, -0.1) is 0 Å². The molecule has 1 N–H and O–H groups in total. The Morgan fingerprint density at radius 1 is 1.47 bits per heavy atom. The molecule has 1 fully saturated rings. The fourth-order valence-corrected chi connectivity index (χ4v) is 3.56. The summed E-state index contributed by atoms with van der Waals surface area (Å²) in [7, 11) is 0. The SMILES string of the molecule is CCC(CC)C1CN=C(NC2(C)CC2)S1. The lowest BCUT2D eigenvalue weighted by molar-refractivity contribution is 0.479. The van der Waals surface area contributed by atoms with Crippen LogP contribution in [0.1, 0.15) is 46.5 Å². The fourth-order valence-electron chi connectivity index (χ4n) is 2.09. The van der Waals surface area contributed by atoms with Crippen LogP contribution in [0.4, 0.5) is 0 Å². The minimum atomic E-state index is 0.384. The van der Waals surface area contributed by atoms with Gasteiger partial charge in [-0.3, -0.25) is 4.99 Å². The third kappa shape index (κ3) is 2.68. The molecule has 0 aromatic carbocycles. The van der Waals surface area contributed by atoms with Gasteiger partial charge in [0.05, 0.1) is 6.54 Å². The van der Waals surface area contributed by atoms with Crippen LogP contribution in [0.15, 0.2) is 4.99 Å². The van der Waals surface area contributed by atoms with Gasteiger partial charge in [-0.2, -0.15) is 0 Å². The van der Waals surface area contributed by atoms with Crippen LogP contribution >= 0.6 is 11.8 Å². The van der Waals surface area contributed by atoms with Gasteiger partial charge >= 0.3 is 0 Å². The van der Waals surface area contributed by atoms with E-state index in [1.54, 1.807) is 0 Å². The first-order valence-corrected chi connectivity index (χ1v) is 7.04. The highest BCUT2D eigenvalue weighted by molar-refractivity contribution is 8.14. The summed E-state index contributed by atoms with van der Waals surface area (Å²) >= 11 is 1.97. The Bertz CT molecular complexity index is 254. The second-order valence-electron chi connectivity index (χ2n) is 5.06. The lowest BCUT2D eigenvalue weighted by Gasteiger charge is -2.19. The van der Waals surface area contributed by atoms with Gasteiger partial charge in [0.2, 0.25) is 0 Å². The van der Waals surface area contributed by atoms with Crippen LogP contribution in [-0.4, -0.2) is 22.5 Å². The zero-order chi connectivity index (χ0) is 10.9. The first kappa shape index (κ1) is 11.3. The number of thioether (sulfide) groups is 1. The van der Waals surface area contributed by atoms with Crippen molar-refractivity contribution >= 4 is 16.9 Å². The highest BCUT2D eigenvalue weighted by Gasteiger charge is 2.39. The summed E-state index contributed by atoms with van der Waals surface area (Å²) in [5, 5.41) is 5.50. The molecular weight excluding hydrogens is 204 g/mol. The largest absolute Gasteiger partial charge is 0.360 e. The van der Waals surface area contributed by atoms with E-state index < -0.39 is 0 Å². The van der Waals surface area contributed by atoms with Gasteiger partial charge in [0.15, 0.2) is 5.17 Å². The maximum absolute atomic E-state index is 4.63. The second kappa shape index (κ2) is 4.36. The molecule has 0 aromatic heterocycles. The fraction of sp³-hybridized carbons (Fsp3) is 0.917. The molecule has 1 saturated carbocycles. The van der Waals surface area contributed by atoms with Crippen LogP contribution in [0.2, 0.25) is 0 Å². The average Bonchev–Trinajstić information content (AvgIpc) is 2.76. The zero-order valence-corrected chi connectivity index (χ0v) is 10.9. The molecule has 0 saturated heterocycles. The quantitative estimate of drug-likeness (QED) is 0.797. The molecule has 1 unspecified atom stereocenters. The summed E-state index contributed by atoms with van der Waals surface area (Å²) in [6, 6.07) is 0. The van der Waals surface area contributed by atoms with E-state index in [1.807, 2.05) is 11.8 Å². The first-order valence-electron chi connectivity index (χ1n) is 6.16. The highest BCUT2D eigenvalue weighted by atomic mass is 32.2. The van der Waals surface area contributed by atoms with Crippen molar-refractivity contribution in [2.24, 2.45) is 10.9 Å². The van der Waals surface area contributed by atoms with Crippen molar-refractivity contribution in [3.63, 3.8) is 0 Å². The van der Waals surface area contributed by atoms with Gasteiger partial charge in [-0.25, -0.2) is 0 Å². The van der Waals surface area contributed by atoms with E-state index >= 15 is 0 Å². The molecule has 0 radical (unpaired) electrons. The first-order chi connectivity index (χ1) is 7.17. The van der Waals surface area contributed by atoms with Crippen molar-refractivity contribution in [3.8, 4) is 0 Å². The number of hydrogen-bond donors (Lipinski definition) is 1. The van der Waals surface area contributed by atoms with E-state index in [2.05, 4.69) is 31.1 Å². The normalized spacial score (nSPS) is 28.0. The van der Waals surface area contributed by atoms with E-state index in [4.69, 9.17) is 0 Å². The molecule has 0 amide bonds. The van der Waals surface area contributed by atoms with Crippen LogP contribution in [0, 0.1) is 5.92 Å². The van der Waals surface area contributed by atoms with Crippen LogP contribution in [0.5, 0.6) is 0 Å². The summed E-state index contributed by atoms with van der Waals surface area (Å²) in [5.74, 6) is 0.838. The standard InChI is InChI=1S/C12H22N2S/c1-4-9(5-2)10-8-13-11(15-10)14-12(3)6-7-12/h9-10H,4-8H2,1-3H3,(H,13,14). The lowest BCUT2D eigenvalue weighted by Crippen LogP contribution is -2.32. The maximum Gasteiger partial charge on any atom is 0.157 e. The molecule has 3 heteroatoms. The lowest BCUT2D eigenvalue weighted by atomic mass is 9.99. The minimum absolute atomic E-state index is 0.384. The average molecular weight is 226 g/mol. The van der Waals surface area contributed by atoms with Crippen LogP contribution in [-0.2, 0) is 0 Å². The van der Waals surface area contributed by atoms with E-state index in [9.17, 15) is 0 Å². The number of amidine groups is 1. The number of hydrogen-bond acceptors (Lipinski definition) is 3. The molecule has 15 heavy (non-hydrogen) atoms. The van der Waals surface area contributed by atoms with Gasteiger partial charge < -0.3 is 5.32 Å². The smallest absolute Gasteiger partial charge is 0.157 e. The van der Waals surface area contributed by atoms with Crippen molar-refractivity contribution in [2.45, 2.75) is 57.2 Å². The predicted octanol–water partition coefficient (Wildman–Crippen LogP) is 3.04. The van der Waals surface area contributed by atoms with Crippen molar-refractivity contribution in [2.75, 3.05) is 6.54 Å². The molecule has 0 aromatic rings. The second-order valence-corrected chi connectivity index (χ2v) is 6.29. The molecule has 1 aliphatic heterocycles. The molecule has 0 spiro atoms. The van der Waals surface area contributed by atoms with Crippen molar-refractivity contribution in [1.29, 1.82) is 0 Å². The Morgan fingerprint density at radius 3 is 2.67 bits per heavy atom. The molecule has 0 bridgehead atoms. The van der Waals surface area contributed by atoms with Gasteiger partial charge in [0.25, 0.3) is 0 Å². The van der Waals surface area contributed by atoms with Crippen LogP contribution in [0.25, 0.3) is 0 Å². The molecule has 1 aliphatic carbocycles. The third-order valence-electron chi connectivity index (χ3n) is 3.66. The van der Waals surface area contributed by atoms with E-state index in [0.717, 1.165) is 17.7 Å². The molecule has 1 heterocycles. The Morgan fingerprint density at radius 2 is 2.13 bits per heavy atom. The monoisotopic (exact) mass is 226 g/mol. The van der Waals surface area contributed by atoms with Crippen LogP contribution in [0.3, 0.4) is 0 Å². The Hall–Kier alpha value is -0.180. The number of nitrogens with one attached hydrogen (secondary N) is 1. The number of aliphatic imine (C=N–C) groups is 1. The molecular formula is C12H22N2S. The van der Waals surface area contributed by atoms with Gasteiger partial charge in [-0.05, 0) is 25.7 Å². The highest BCUT2D eigenvalue weighted by Crippen LogP contribution is 2.37. The van der Waals surface area contributed by atoms with Gasteiger partial charge in [0.1, 0.15) is 0 Å². The van der Waals surface area contributed by atoms with Crippen LogP contribution < -0.4 is 5.32 Å². The van der Waals surface area contributed by atoms with Gasteiger partial charge in [-0.1, -0.05) is 38.5 Å². The molecule has 2 aliphatic rings. The van der Waals surface area contributed by atoms with Crippen molar-refractivity contribution < 1.29 is 0 Å². The van der Waals surface area contributed by atoms with Crippen molar-refractivity contribution in [1.82, 2.24) is 5.32 Å². The predicted molar refractivity (Wildman–Crippen MR) is 68.5 cm³/mol. The summed E-state index contributed by atoms with van der Waals surface area (Å²) in [6.45, 7) is 7.90. The maximum atomic E-state index is 4.63. The van der Waals surface area contributed by atoms with Gasteiger partial charge in [0, 0.05) is 10.8 Å². The van der Waals surface area contributed by atoms with Crippen molar-refractivity contribution in [3.05, 3.63) is 0 Å². The summed E-state index contributed by atoms with van der Waals surface area (Å²) in [4.78, 5) is 4.63. The molecule has 2 nitrogen and oxygen atoms in total. The Balaban J connectivity index is 1.82. The van der Waals surface area contributed by atoms with E-state index in [-0.39, 0.29) is 0 Å². The number of nitrogens with zero attached hydrogens (tertiary/aromatic N) is 1. The molecule has 1 atom stereocenters. The van der Waals surface area contributed by atoms with E-state index in [1.165, 1.54) is 30.9 Å².